The van der Waals surface area contributed by atoms with E-state index >= 15 is 0 Å². The lowest BCUT2D eigenvalue weighted by atomic mass is 10.1. The molecule has 0 aliphatic carbocycles. The molecule has 2 aromatic rings. The third-order valence-electron chi connectivity index (χ3n) is 4.77. The number of fused-ring (bicyclic) bond motifs is 1. The first kappa shape index (κ1) is 22.5. The number of amides is 1. The van der Waals surface area contributed by atoms with Crippen LogP contribution in [0.3, 0.4) is 0 Å². The van der Waals surface area contributed by atoms with Crippen LogP contribution in [0.4, 0.5) is 5.69 Å². The van der Waals surface area contributed by atoms with Gasteiger partial charge in [0.25, 0.3) is 5.91 Å². The summed E-state index contributed by atoms with van der Waals surface area (Å²) >= 11 is 7.98. The Balaban J connectivity index is 2.11. The van der Waals surface area contributed by atoms with Crippen molar-refractivity contribution >= 4 is 40.9 Å². The van der Waals surface area contributed by atoms with Crippen molar-refractivity contribution in [3.8, 4) is 5.75 Å². The van der Waals surface area contributed by atoms with Gasteiger partial charge in [-0.05, 0) is 43.9 Å². The molecule has 160 valence electrons. The van der Waals surface area contributed by atoms with Gasteiger partial charge in [-0.1, -0.05) is 29.8 Å². The molecule has 0 fully saturated rings. The highest BCUT2D eigenvalue weighted by Crippen LogP contribution is 2.49. The molecular formula is C22H25ClN2O4S. The minimum Gasteiger partial charge on any atom is -0.497 e. The monoisotopic (exact) mass is 448 g/mol. The van der Waals surface area contributed by atoms with Crippen LogP contribution in [0.15, 0.2) is 47.4 Å². The van der Waals surface area contributed by atoms with E-state index < -0.39 is 17.3 Å². The van der Waals surface area contributed by atoms with Crippen molar-refractivity contribution in [1.82, 2.24) is 4.90 Å². The number of hydrogen-bond acceptors (Lipinski definition) is 6. The second-order valence-corrected chi connectivity index (χ2v) is 8.78. The molecule has 3 rings (SSSR count). The van der Waals surface area contributed by atoms with Gasteiger partial charge in [0, 0.05) is 20.0 Å². The van der Waals surface area contributed by atoms with Crippen LogP contribution < -0.4 is 9.64 Å². The second kappa shape index (κ2) is 9.73. The molecule has 1 aliphatic rings. The molecule has 0 saturated heterocycles. The Morgan fingerprint density at radius 1 is 1.20 bits per heavy atom. The van der Waals surface area contributed by atoms with E-state index in [2.05, 4.69) is 0 Å². The fourth-order valence-electron chi connectivity index (χ4n) is 3.28. The molecule has 8 heteroatoms. The highest BCUT2D eigenvalue weighted by atomic mass is 35.5. The van der Waals surface area contributed by atoms with E-state index in [0.717, 1.165) is 16.1 Å². The Morgan fingerprint density at radius 2 is 1.90 bits per heavy atom. The van der Waals surface area contributed by atoms with Gasteiger partial charge in [-0.2, -0.15) is 0 Å². The molecule has 0 spiro atoms. The number of hydrogen-bond donors (Lipinski definition) is 0. The van der Waals surface area contributed by atoms with Gasteiger partial charge >= 0.3 is 5.97 Å². The van der Waals surface area contributed by atoms with Crippen molar-refractivity contribution in [1.29, 1.82) is 0 Å². The fraction of sp³-hybridized carbons (Fsp3) is 0.364. The Hall–Kier alpha value is -2.22. The predicted molar refractivity (Wildman–Crippen MR) is 120 cm³/mol. The standard InChI is InChI=1S/C22H25ClN2O4S/c1-14(26)29-19-20(15-8-10-16(28-4)11-9-15)30-21-17(23)6-5-7-18(21)25(22(19)27)13-12-24(2)3/h5-11,19-20H,12-13H2,1-4H3. The first-order valence-electron chi connectivity index (χ1n) is 9.54. The van der Waals surface area contributed by atoms with Crippen molar-refractivity contribution in [2.45, 2.75) is 23.2 Å². The zero-order valence-electron chi connectivity index (χ0n) is 17.4. The zero-order chi connectivity index (χ0) is 21.8. The van der Waals surface area contributed by atoms with Crippen LogP contribution in [-0.2, 0) is 14.3 Å². The number of rotatable bonds is 6. The van der Waals surface area contributed by atoms with Crippen LogP contribution >= 0.6 is 23.4 Å². The van der Waals surface area contributed by atoms with Gasteiger partial charge in [0.05, 0.1) is 28.0 Å². The SMILES string of the molecule is COc1ccc(C2Sc3c(Cl)cccc3N(CCN(C)C)C(=O)C2OC(C)=O)cc1. The summed E-state index contributed by atoms with van der Waals surface area (Å²) in [6, 6.07) is 12.9. The quantitative estimate of drug-likeness (QED) is 0.622. The molecule has 2 unspecified atom stereocenters. The second-order valence-electron chi connectivity index (χ2n) is 7.22. The molecular weight excluding hydrogens is 424 g/mol. The first-order valence-corrected chi connectivity index (χ1v) is 10.8. The number of carbonyl (C=O) groups is 2. The molecule has 0 N–H and O–H groups in total. The molecule has 6 nitrogen and oxygen atoms in total. The van der Waals surface area contributed by atoms with E-state index in [0.29, 0.717) is 23.9 Å². The van der Waals surface area contributed by atoms with E-state index in [9.17, 15) is 9.59 Å². The van der Waals surface area contributed by atoms with Gasteiger partial charge in [-0.15, -0.1) is 11.8 Å². The van der Waals surface area contributed by atoms with Gasteiger partial charge < -0.3 is 19.3 Å². The Bertz CT molecular complexity index is 920. The summed E-state index contributed by atoms with van der Waals surface area (Å²) in [4.78, 5) is 30.0. The number of thioether (sulfide) groups is 1. The van der Waals surface area contributed by atoms with Gasteiger partial charge in [-0.25, -0.2) is 0 Å². The van der Waals surface area contributed by atoms with Gasteiger partial charge in [-0.3, -0.25) is 9.59 Å². The summed E-state index contributed by atoms with van der Waals surface area (Å²) in [5.74, 6) is -0.0581. The minimum absolute atomic E-state index is 0.263. The van der Waals surface area contributed by atoms with Crippen LogP contribution in [-0.4, -0.2) is 57.2 Å². The van der Waals surface area contributed by atoms with Crippen LogP contribution in [0.1, 0.15) is 17.7 Å². The number of benzene rings is 2. The summed E-state index contributed by atoms with van der Waals surface area (Å²) in [7, 11) is 5.48. The Kier molecular flexibility index (Phi) is 7.28. The number of likely N-dealkylation sites (N-methyl/N-ethyl adjacent to an activating group) is 1. The van der Waals surface area contributed by atoms with Crippen LogP contribution in [0, 0.1) is 0 Å². The molecule has 30 heavy (non-hydrogen) atoms. The smallest absolute Gasteiger partial charge is 0.303 e. The largest absolute Gasteiger partial charge is 0.497 e. The van der Waals surface area contributed by atoms with Gasteiger partial charge in [0.15, 0.2) is 6.10 Å². The lowest BCUT2D eigenvalue weighted by molar-refractivity contribution is -0.152. The molecule has 1 heterocycles. The fourth-order valence-corrected chi connectivity index (χ4v) is 4.90. The molecule has 2 atom stereocenters. The minimum atomic E-state index is -0.980. The summed E-state index contributed by atoms with van der Waals surface area (Å²) in [6.07, 6.45) is -0.980. The number of esters is 1. The van der Waals surface area contributed by atoms with Crippen molar-refractivity contribution < 1.29 is 19.1 Å². The van der Waals surface area contributed by atoms with Crippen molar-refractivity contribution in [3.05, 3.63) is 53.1 Å². The molecule has 0 radical (unpaired) electrons. The highest BCUT2D eigenvalue weighted by molar-refractivity contribution is 8.00. The van der Waals surface area contributed by atoms with E-state index in [1.54, 1.807) is 18.1 Å². The normalized spacial score (nSPS) is 18.7. The highest BCUT2D eigenvalue weighted by Gasteiger charge is 2.41. The topological polar surface area (TPSA) is 59.1 Å². The molecule has 1 amide bonds. The van der Waals surface area contributed by atoms with Crippen LogP contribution in [0.2, 0.25) is 5.02 Å². The zero-order valence-corrected chi connectivity index (χ0v) is 19.0. The lowest BCUT2D eigenvalue weighted by Crippen LogP contribution is -2.45. The maximum atomic E-state index is 13.6. The van der Waals surface area contributed by atoms with E-state index in [-0.39, 0.29) is 5.91 Å². The van der Waals surface area contributed by atoms with Crippen molar-refractivity contribution in [2.75, 3.05) is 39.2 Å². The number of nitrogens with zero attached hydrogens (tertiary/aromatic N) is 2. The summed E-state index contributed by atoms with van der Waals surface area (Å²) in [5, 5.41) is 0.109. The molecule has 0 saturated carbocycles. The number of ether oxygens (including phenoxy) is 2. The summed E-state index contributed by atoms with van der Waals surface area (Å²) in [6.45, 7) is 2.42. The van der Waals surface area contributed by atoms with Crippen molar-refractivity contribution in [2.24, 2.45) is 0 Å². The number of halogens is 1. The first-order chi connectivity index (χ1) is 14.3. The van der Waals surface area contributed by atoms with Crippen LogP contribution in [0.25, 0.3) is 0 Å². The average molecular weight is 449 g/mol. The average Bonchev–Trinajstić information content (AvgIpc) is 2.82. The van der Waals surface area contributed by atoms with E-state index in [4.69, 9.17) is 21.1 Å². The van der Waals surface area contributed by atoms with Crippen LogP contribution in [0.5, 0.6) is 5.75 Å². The predicted octanol–water partition coefficient (Wildman–Crippen LogP) is 4.02. The number of carbonyl (C=O) groups excluding carboxylic acids is 2. The van der Waals surface area contributed by atoms with Crippen molar-refractivity contribution in [3.63, 3.8) is 0 Å². The maximum absolute atomic E-state index is 13.6. The summed E-state index contributed by atoms with van der Waals surface area (Å²) in [5.41, 5.74) is 1.58. The molecule has 2 aromatic carbocycles. The third-order valence-corrected chi connectivity index (χ3v) is 6.64. The molecule has 0 aromatic heterocycles. The summed E-state index contributed by atoms with van der Waals surface area (Å²) < 4.78 is 10.8. The number of anilines is 1. The van der Waals surface area contributed by atoms with Gasteiger partial charge in [0.1, 0.15) is 5.75 Å². The van der Waals surface area contributed by atoms with Gasteiger partial charge in [0.2, 0.25) is 0 Å². The number of methoxy groups -OCH3 is 1. The molecule has 1 aliphatic heterocycles. The van der Waals surface area contributed by atoms with E-state index in [1.807, 2.05) is 55.4 Å². The molecule has 0 bridgehead atoms. The Labute approximate surface area is 186 Å². The Morgan fingerprint density at radius 3 is 2.50 bits per heavy atom. The lowest BCUT2D eigenvalue weighted by Gasteiger charge is -2.28. The van der Waals surface area contributed by atoms with E-state index in [1.165, 1.54) is 18.7 Å². The third kappa shape index (κ3) is 4.91. The maximum Gasteiger partial charge on any atom is 0.303 e.